The molecule has 0 spiro atoms. The average Bonchev–Trinajstić information content (AvgIpc) is 3.33. The van der Waals surface area contributed by atoms with Crippen molar-refractivity contribution in [3.63, 3.8) is 0 Å². The predicted molar refractivity (Wildman–Crippen MR) is 150 cm³/mol. The molecule has 2 N–H and O–H groups in total. The number of carbonyl (C=O) groups is 2. The van der Waals surface area contributed by atoms with Gasteiger partial charge in [0.15, 0.2) is 5.76 Å². The number of amides is 1. The lowest BCUT2D eigenvalue weighted by atomic mass is 9.97. The van der Waals surface area contributed by atoms with Gasteiger partial charge in [-0.05, 0) is 55.5 Å². The largest absolute Gasteiger partial charge is 0.481 e. The number of aryl methyl sites for hydroxylation is 1. The molecule has 2 atom stereocenters. The molecule has 0 saturated carbocycles. The first-order chi connectivity index (χ1) is 18.9. The lowest BCUT2D eigenvalue weighted by molar-refractivity contribution is -0.141. The molecule has 1 saturated heterocycles. The second-order valence-electron chi connectivity index (χ2n) is 9.80. The van der Waals surface area contributed by atoms with E-state index in [1.807, 2.05) is 85.8 Å². The van der Waals surface area contributed by atoms with E-state index >= 15 is 0 Å². The summed E-state index contributed by atoms with van der Waals surface area (Å²) < 4.78 is 11.1. The average molecular weight is 526 g/mol. The van der Waals surface area contributed by atoms with E-state index in [1.54, 1.807) is 6.92 Å². The Morgan fingerprint density at radius 2 is 1.64 bits per heavy atom. The summed E-state index contributed by atoms with van der Waals surface area (Å²) in [6.45, 7) is 4.99. The van der Waals surface area contributed by atoms with Crippen LogP contribution in [0, 0.1) is 12.8 Å². The molecular formula is C31H31N3O5. The van der Waals surface area contributed by atoms with Gasteiger partial charge in [-0.2, -0.15) is 0 Å². The van der Waals surface area contributed by atoms with Crippen LogP contribution in [0.4, 0.5) is 16.2 Å². The van der Waals surface area contributed by atoms with E-state index in [4.69, 9.17) is 9.26 Å². The molecular weight excluding hydrogens is 494 g/mol. The Hall–Kier alpha value is -4.59. The molecule has 0 aliphatic carbocycles. The van der Waals surface area contributed by atoms with Crippen molar-refractivity contribution in [3.05, 3.63) is 90.1 Å². The number of nitrogens with one attached hydrogen (secondary N) is 1. The van der Waals surface area contributed by atoms with Crippen LogP contribution in [0.3, 0.4) is 0 Å². The van der Waals surface area contributed by atoms with E-state index in [0.717, 1.165) is 47.3 Å². The normalized spacial score (nSPS) is 15.9. The van der Waals surface area contributed by atoms with E-state index in [2.05, 4.69) is 15.4 Å². The zero-order valence-electron chi connectivity index (χ0n) is 22.0. The molecule has 3 aromatic carbocycles. The van der Waals surface area contributed by atoms with Gasteiger partial charge < -0.3 is 19.3 Å². The lowest BCUT2D eigenvalue weighted by Crippen LogP contribution is -2.38. The van der Waals surface area contributed by atoms with Gasteiger partial charge in [-0.3, -0.25) is 10.1 Å². The van der Waals surface area contributed by atoms with Gasteiger partial charge in [-0.1, -0.05) is 71.9 Å². The van der Waals surface area contributed by atoms with Gasteiger partial charge in [0.1, 0.15) is 17.5 Å². The number of aromatic nitrogens is 1. The van der Waals surface area contributed by atoms with Gasteiger partial charge in [0.2, 0.25) is 0 Å². The third-order valence-corrected chi connectivity index (χ3v) is 7.13. The Morgan fingerprint density at radius 1 is 1.00 bits per heavy atom. The summed E-state index contributed by atoms with van der Waals surface area (Å²) >= 11 is 0. The summed E-state index contributed by atoms with van der Waals surface area (Å²) in [5.74, 6) is -0.591. The van der Waals surface area contributed by atoms with Crippen LogP contribution in [0.25, 0.3) is 22.5 Å². The van der Waals surface area contributed by atoms with Crippen molar-refractivity contribution in [3.8, 4) is 22.5 Å². The Labute approximate surface area is 227 Å². The molecule has 4 aromatic rings. The van der Waals surface area contributed by atoms with Gasteiger partial charge >= 0.3 is 12.1 Å². The third-order valence-electron chi connectivity index (χ3n) is 7.13. The second kappa shape index (κ2) is 11.4. The number of ether oxygens (including phenoxy) is 1. The highest BCUT2D eigenvalue weighted by molar-refractivity contribution is 5.91. The zero-order chi connectivity index (χ0) is 27.4. The van der Waals surface area contributed by atoms with Crippen molar-refractivity contribution in [2.75, 3.05) is 23.3 Å². The first-order valence-corrected chi connectivity index (χ1v) is 13.1. The SMILES string of the molecule is Cc1noc(-c2ccc(-c3ccc(N4CCC[C@H](C(=O)O)C4)cc3)cc2)c1NC(=O)O[C@H](C)c1ccccc1. The van der Waals surface area contributed by atoms with Crippen LogP contribution in [0.2, 0.25) is 0 Å². The first-order valence-electron chi connectivity index (χ1n) is 13.1. The van der Waals surface area contributed by atoms with E-state index in [0.29, 0.717) is 23.7 Å². The van der Waals surface area contributed by atoms with Crippen LogP contribution in [-0.2, 0) is 9.53 Å². The maximum atomic E-state index is 12.6. The number of anilines is 2. The molecule has 0 unspecified atom stereocenters. The quantitative estimate of drug-likeness (QED) is 0.270. The Kier molecular flexibility index (Phi) is 7.63. The first kappa shape index (κ1) is 26.0. The topological polar surface area (TPSA) is 105 Å². The highest BCUT2D eigenvalue weighted by Gasteiger charge is 2.25. The molecule has 1 aliphatic heterocycles. The summed E-state index contributed by atoms with van der Waals surface area (Å²) in [6, 6.07) is 25.5. The van der Waals surface area contributed by atoms with Crippen molar-refractivity contribution in [1.29, 1.82) is 0 Å². The molecule has 0 bridgehead atoms. The number of nitrogens with zero attached hydrogens (tertiary/aromatic N) is 2. The van der Waals surface area contributed by atoms with E-state index < -0.39 is 18.2 Å². The van der Waals surface area contributed by atoms with E-state index in [-0.39, 0.29) is 5.92 Å². The number of hydrogen-bond donors (Lipinski definition) is 2. The van der Waals surface area contributed by atoms with Gasteiger partial charge in [0.05, 0.1) is 5.92 Å². The van der Waals surface area contributed by atoms with Gasteiger partial charge in [0.25, 0.3) is 0 Å². The fourth-order valence-electron chi connectivity index (χ4n) is 4.89. The van der Waals surface area contributed by atoms with Crippen molar-refractivity contribution >= 4 is 23.4 Å². The molecule has 1 amide bonds. The number of rotatable bonds is 7. The second-order valence-corrected chi connectivity index (χ2v) is 9.80. The minimum atomic E-state index is -0.727. The van der Waals surface area contributed by atoms with Gasteiger partial charge in [-0.15, -0.1) is 0 Å². The highest BCUT2D eigenvalue weighted by atomic mass is 16.6. The molecule has 5 rings (SSSR count). The van der Waals surface area contributed by atoms with Crippen molar-refractivity contribution in [2.45, 2.75) is 32.8 Å². The number of piperidine rings is 1. The van der Waals surface area contributed by atoms with Crippen molar-refractivity contribution in [1.82, 2.24) is 5.16 Å². The number of carboxylic acids is 1. The molecule has 0 radical (unpaired) electrons. The number of carboxylic acid groups (broad SMARTS) is 1. The predicted octanol–water partition coefficient (Wildman–Crippen LogP) is 6.93. The van der Waals surface area contributed by atoms with Crippen LogP contribution < -0.4 is 10.2 Å². The summed E-state index contributed by atoms with van der Waals surface area (Å²) in [7, 11) is 0. The van der Waals surface area contributed by atoms with Crippen LogP contribution in [-0.4, -0.2) is 35.4 Å². The molecule has 200 valence electrons. The zero-order valence-corrected chi connectivity index (χ0v) is 22.0. The van der Waals surface area contributed by atoms with E-state index in [1.165, 1.54) is 0 Å². The van der Waals surface area contributed by atoms with Crippen molar-refractivity contribution < 1.29 is 24.0 Å². The van der Waals surface area contributed by atoms with E-state index in [9.17, 15) is 14.7 Å². The van der Waals surface area contributed by atoms with Crippen LogP contribution in [0.15, 0.2) is 83.4 Å². The summed E-state index contributed by atoms with van der Waals surface area (Å²) in [6.07, 6.45) is 0.613. The fraction of sp³-hybridized carbons (Fsp3) is 0.258. The molecule has 8 nitrogen and oxygen atoms in total. The summed E-state index contributed by atoms with van der Waals surface area (Å²) in [5.41, 5.74) is 5.80. The highest BCUT2D eigenvalue weighted by Crippen LogP contribution is 2.33. The molecule has 39 heavy (non-hydrogen) atoms. The number of carbonyl (C=O) groups excluding carboxylic acids is 1. The third kappa shape index (κ3) is 5.95. The Bertz CT molecular complexity index is 1430. The van der Waals surface area contributed by atoms with Crippen LogP contribution >= 0.6 is 0 Å². The van der Waals surface area contributed by atoms with Gasteiger partial charge in [0, 0.05) is 24.3 Å². The molecule has 8 heteroatoms. The van der Waals surface area contributed by atoms with Gasteiger partial charge in [-0.25, -0.2) is 4.79 Å². The van der Waals surface area contributed by atoms with Crippen LogP contribution in [0.1, 0.15) is 37.1 Å². The van der Waals surface area contributed by atoms with Crippen molar-refractivity contribution in [2.24, 2.45) is 5.92 Å². The lowest BCUT2D eigenvalue weighted by Gasteiger charge is -2.32. The Morgan fingerprint density at radius 3 is 2.31 bits per heavy atom. The minimum Gasteiger partial charge on any atom is -0.481 e. The fourth-order valence-corrected chi connectivity index (χ4v) is 4.89. The standard InChI is InChI=1S/C31H31N3O5/c1-20-28(32-31(37)38-21(2)22-7-4-3-5-8-22)29(39-33-20)25-12-10-23(11-13-25)24-14-16-27(17-15-24)34-18-6-9-26(19-34)30(35)36/h3-5,7-8,10-17,21,26H,6,9,18-19H2,1-2H3,(H,32,37)(H,35,36)/t21-,26+/m1/s1. The number of benzene rings is 3. The Balaban J connectivity index is 1.26. The minimum absolute atomic E-state index is 0.320. The number of hydrogen-bond acceptors (Lipinski definition) is 6. The monoisotopic (exact) mass is 525 g/mol. The molecule has 2 heterocycles. The number of aliphatic carboxylic acids is 1. The smallest absolute Gasteiger partial charge is 0.412 e. The molecule has 1 aromatic heterocycles. The maximum Gasteiger partial charge on any atom is 0.412 e. The molecule has 1 aliphatic rings. The molecule has 1 fully saturated rings. The summed E-state index contributed by atoms with van der Waals surface area (Å²) in [4.78, 5) is 26.2. The maximum absolute atomic E-state index is 12.6. The van der Waals surface area contributed by atoms with Crippen LogP contribution in [0.5, 0.6) is 0 Å². The summed E-state index contributed by atoms with van der Waals surface area (Å²) in [5, 5.41) is 16.2.